The monoisotopic (exact) mass is 376 g/mol. The molecule has 0 saturated carbocycles. The van der Waals surface area contributed by atoms with Crippen LogP contribution in [0.2, 0.25) is 0 Å². The van der Waals surface area contributed by atoms with Crippen molar-refractivity contribution in [3.8, 4) is 0 Å². The van der Waals surface area contributed by atoms with Crippen molar-refractivity contribution in [3.63, 3.8) is 0 Å². The average Bonchev–Trinajstić information content (AvgIpc) is 2.48. The first kappa shape index (κ1) is 16.7. The van der Waals surface area contributed by atoms with Crippen LogP contribution >= 0.6 is 15.9 Å². The summed E-state index contributed by atoms with van der Waals surface area (Å²) < 4.78 is 29.5. The molecule has 1 aromatic heterocycles. The van der Waals surface area contributed by atoms with Gasteiger partial charge in [-0.1, -0.05) is 6.92 Å². The molecule has 2 rings (SSSR count). The summed E-state index contributed by atoms with van der Waals surface area (Å²) in [6.45, 7) is 5.13. The average molecular weight is 377 g/mol. The lowest BCUT2D eigenvalue weighted by atomic mass is 9.98. The number of hydrogen-bond donors (Lipinski definition) is 2. The van der Waals surface area contributed by atoms with Crippen molar-refractivity contribution in [3.05, 3.63) is 22.9 Å². The van der Waals surface area contributed by atoms with E-state index in [9.17, 15) is 8.42 Å². The SMILES string of the molecule is CCNCC1CCN(S(=O)(=O)Nc2ccncc2Br)CC1. The second-order valence-electron chi connectivity index (χ2n) is 5.11. The van der Waals surface area contributed by atoms with Crippen LogP contribution < -0.4 is 10.0 Å². The van der Waals surface area contributed by atoms with E-state index < -0.39 is 10.2 Å². The zero-order chi connectivity index (χ0) is 15.3. The summed E-state index contributed by atoms with van der Waals surface area (Å²) in [5.41, 5.74) is 0.514. The van der Waals surface area contributed by atoms with Crippen LogP contribution in [0.5, 0.6) is 0 Å². The Labute approximate surface area is 134 Å². The Kier molecular flexibility index (Phi) is 5.98. The van der Waals surface area contributed by atoms with Crippen molar-refractivity contribution < 1.29 is 8.42 Å². The van der Waals surface area contributed by atoms with E-state index in [0.29, 0.717) is 29.2 Å². The molecular formula is C13H21BrN4O2S. The molecule has 1 aliphatic heterocycles. The molecule has 1 aliphatic rings. The maximum Gasteiger partial charge on any atom is 0.301 e. The van der Waals surface area contributed by atoms with Crippen molar-refractivity contribution in [1.82, 2.24) is 14.6 Å². The van der Waals surface area contributed by atoms with Crippen LogP contribution in [0.1, 0.15) is 19.8 Å². The highest BCUT2D eigenvalue weighted by Crippen LogP contribution is 2.24. The molecular weight excluding hydrogens is 356 g/mol. The Morgan fingerprint density at radius 3 is 2.76 bits per heavy atom. The minimum absolute atomic E-state index is 0.514. The molecule has 118 valence electrons. The first-order valence-electron chi connectivity index (χ1n) is 7.11. The summed E-state index contributed by atoms with van der Waals surface area (Å²) in [7, 11) is -3.50. The van der Waals surface area contributed by atoms with Crippen LogP contribution in [0.25, 0.3) is 0 Å². The number of piperidine rings is 1. The van der Waals surface area contributed by atoms with Crippen LogP contribution in [0, 0.1) is 5.92 Å². The Bertz CT molecular complexity index is 559. The minimum atomic E-state index is -3.50. The van der Waals surface area contributed by atoms with Gasteiger partial charge in [0.1, 0.15) is 0 Å². The third-order valence-electron chi connectivity index (χ3n) is 3.61. The second kappa shape index (κ2) is 7.53. The molecule has 8 heteroatoms. The summed E-state index contributed by atoms with van der Waals surface area (Å²) in [4.78, 5) is 3.92. The highest BCUT2D eigenvalue weighted by molar-refractivity contribution is 9.10. The number of nitrogens with zero attached hydrogens (tertiary/aromatic N) is 2. The van der Waals surface area contributed by atoms with Crippen molar-refractivity contribution in [2.75, 3.05) is 30.9 Å². The topological polar surface area (TPSA) is 74.3 Å². The molecule has 0 atom stereocenters. The molecule has 2 N–H and O–H groups in total. The Morgan fingerprint density at radius 1 is 1.43 bits per heavy atom. The normalized spacial score (nSPS) is 17.8. The first-order valence-corrected chi connectivity index (χ1v) is 9.34. The van der Waals surface area contributed by atoms with Gasteiger partial charge in [0.05, 0.1) is 10.2 Å². The van der Waals surface area contributed by atoms with Crippen LogP contribution in [0.15, 0.2) is 22.9 Å². The second-order valence-corrected chi connectivity index (χ2v) is 7.64. The lowest BCUT2D eigenvalue weighted by Crippen LogP contribution is -2.43. The van der Waals surface area contributed by atoms with Gasteiger partial charge >= 0.3 is 10.2 Å². The van der Waals surface area contributed by atoms with Crippen LogP contribution in [-0.2, 0) is 10.2 Å². The van der Waals surface area contributed by atoms with E-state index in [1.807, 2.05) is 0 Å². The Balaban J connectivity index is 1.94. The van der Waals surface area contributed by atoms with Crippen molar-refractivity contribution in [2.45, 2.75) is 19.8 Å². The van der Waals surface area contributed by atoms with Crippen molar-refractivity contribution in [1.29, 1.82) is 0 Å². The largest absolute Gasteiger partial charge is 0.317 e. The van der Waals surface area contributed by atoms with Gasteiger partial charge in [0, 0.05) is 25.5 Å². The number of nitrogens with one attached hydrogen (secondary N) is 2. The highest BCUT2D eigenvalue weighted by atomic mass is 79.9. The predicted octanol–water partition coefficient (Wildman–Crippen LogP) is 1.82. The number of aromatic nitrogens is 1. The summed E-state index contributed by atoms with van der Waals surface area (Å²) in [6, 6.07) is 1.64. The van der Waals surface area contributed by atoms with Crippen molar-refractivity contribution in [2.24, 2.45) is 5.92 Å². The van der Waals surface area contributed by atoms with E-state index >= 15 is 0 Å². The smallest absolute Gasteiger partial charge is 0.301 e. The molecule has 2 heterocycles. The van der Waals surface area contributed by atoms with Gasteiger partial charge in [-0.3, -0.25) is 9.71 Å². The van der Waals surface area contributed by atoms with Gasteiger partial charge in [0.25, 0.3) is 0 Å². The molecule has 0 aromatic carbocycles. The molecule has 0 radical (unpaired) electrons. The van der Waals surface area contributed by atoms with E-state index in [0.717, 1.165) is 25.9 Å². The van der Waals surface area contributed by atoms with E-state index in [-0.39, 0.29) is 0 Å². The molecule has 6 nitrogen and oxygen atoms in total. The van der Waals surface area contributed by atoms with E-state index in [4.69, 9.17) is 0 Å². The zero-order valence-corrected chi connectivity index (χ0v) is 14.5. The number of rotatable bonds is 6. The van der Waals surface area contributed by atoms with Gasteiger partial charge in [0.2, 0.25) is 0 Å². The lowest BCUT2D eigenvalue weighted by Gasteiger charge is -2.31. The molecule has 0 amide bonds. The third kappa shape index (κ3) is 4.64. The molecule has 0 unspecified atom stereocenters. The number of pyridine rings is 1. The standard InChI is InChI=1S/C13H21BrN4O2S/c1-2-15-9-11-4-7-18(8-5-11)21(19,20)17-13-3-6-16-10-12(13)14/h3,6,10-11,15H,2,4-5,7-9H2,1H3,(H,16,17). The number of halogens is 1. The maximum absolute atomic E-state index is 12.4. The van der Waals surface area contributed by atoms with Gasteiger partial charge in [-0.2, -0.15) is 12.7 Å². The van der Waals surface area contributed by atoms with Gasteiger partial charge in [-0.05, 0) is 53.8 Å². The first-order chi connectivity index (χ1) is 10.0. The number of hydrogen-bond acceptors (Lipinski definition) is 4. The molecule has 0 aliphatic carbocycles. The lowest BCUT2D eigenvalue weighted by molar-refractivity contribution is 0.269. The van der Waals surface area contributed by atoms with Crippen molar-refractivity contribution >= 4 is 31.8 Å². The minimum Gasteiger partial charge on any atom is -0.317 e. The fourth-order valence-corrected chi connectivity index (χ4v) is 4.12. The summed E-state index contributed by atoms with van der Waals surface area (Å²) in [5.74, 6) is 0.559. The molecule has 1 aromatic rings. The van der Waals surface area contributed by atoms with E-state index in [1.165, 1.54) is 4.31 Å². The zero-order valence-electron chi connectivity index (χ0n) is 12.0. The van der Waals surface area contributed by atoms with Gasteiger partial charge in [-0.25, -0.2) is 0 Å². The highest BCUT2D eigenvalue weighted by Gasteiger charge is 2.28. The Morgan fingerprint density at radius 2 is 2.14 bits per heavy atom. The summed E-state index contributed by atoms with van der Waals surface area (Å²) in [5, 5.41) is 3.32. The van der Waals surface area contributed by atoms with Gasteiger partial charge < -0.3 is 5.32 Å². The Hall–Kier alpha value is -0.700. The van der Waals surface area contributed by atoms with Crippen LogP contribution in [0.3, 0.4) is 0 Å². The maximum atomic E-state index is 12.4. The molecule has 1 saturated heterocycles. The van der Waals surface area contributed by atoms with E-state index in [2.05, 4.69) is 37.9 Å². The van der Waals surface area contributed by atoms with E-state index in [1.54, 1.807) is 18.5 Å². The third-order valence-corrected chi connectivity index (χ3v) is 5.76. The molecule has 0 spiro atoms. The summed E-state index contributed by atoms with van der Waals surface area (Å²) >= 11 is 3.29. The van der Waals surface area contributed by atoms with Crippen LogP contribution in [-0.4, -0.2) is 43.9 Å². The predicted molar refractivity (Wildman–Crippen MR) is 87.3 cm³/mol. The summed E-state index contributed by atoms with van der Waals surface area (Å²) in [6.07, 6.45) is 4.92. The molecule has 21 heavy (non-hydrogen) atoms. The fourth-order valence-electron chi connectivity index (χ4n) is 2.36. The molecule has 0 bridgehead atoms. The fraction of sp³-hybridized carbons (Fsp3) is 0.615. The van der Waals surface area contributed by atoms with Gasteiger partial charge in [0.15, 0.2) is 0 Å². The number of anilines is 1. The quantitative estimate of drug-likeness (QED) is 0.793. The van der Waals surface area contributed by atoms with Gasteiger partial charge in [-0.15, -0.1) is 0 Å². The molecule has 1 fully saturated rings. The van der Waals surface area contributed by atoms with Crippen LogP contribution in [0.4, 0.5) is 5.69 Å².